The number of carbonyl (C=O) groups excluding carboxylic acids is 3. The monoisotopic (exact) mass is 459 g/mol. The maximum Gasteiger partial charge on any atom is 0.348 e. The maximum atomic E-state index is 13.1. The fraction of sp³-hybridized carbons (Fsp3) is 0.273. The summed E-state index contributed by atoms with van der Waals surface area (Å²) in [6.45, 7) is 6.84. The van der Waals surface area contributed by atoms with E-state index in [1.165, 1.54) is 18.2 Å². The second-order valence-corrected chi connectivity index (χ2v) is 8.08. The molecule has 1 aromatic carbocycles. The van der Waals surface area contributed by atoms with E-state index in [0.717, 1.165) is 11.3 Å². The van der Waals surface area contributed by atoms with Crippen molar-refractivity contribution < 1.29 is 28.2 Å². The van der Waals surface area contributed by atoms with Gasteiger partial charge in [0.15, 0.2) is 0 Å². The summed E-state index contributed by atoms with van der Waals surface area (Å²) in [6, 6.07) is 7.17. The first kappa shape index (κ1) is 23.1. The van der Waals surface area contributed by atoms with E-state index in [0.29, 0.717) is 16.8 Å². The number of aromatic nitrogens is 2. The number of thiophene rings is 1. The van der Waals surface area contributed by atoms with Crippen LogP contribution in [0.25, 0.3) is 11.3 Å². The van der Waals surface area contributed by atoms with Crippen molar-refractivity contribution in [2.45, 2.75) is 33.8 Å². The van der Waals surface area contributed by atoms with Crippen molar-refractivity contribution in [1.82, 2.24) is 10.2 Å². The first-order chi connectivity index (χ1) is 15.2. The predicted molar refractivity (Wildman–Crippen MR) is 117 cm³/mol. The molecule has 3 rings (SSSR count). The van der Waals surface area contributed by atoms with Crippen molar-refractivity contribution in [3.8, 4) is 11.3 Å². The van der Waals surface area contributed by atoms with E-state index in [2.05, 4.69) is 15.5 Å². The highest BCUT2D eigenvalue weighted by molar-refractivity contribution is 7.18. The van der Waals surface area contributed by atoms with Crippen LogP contribution < -0.4 is 5.32 Å². The van der Waals surface area contributed by atoms with Gasteiger partial charge in [-0.3, -0.25) is 9.89 Å². The van der Waals surface area contributed by atoms with E-state index < -0.39 is 17.8 Å². The molecule has 2 aromatic heterocycles. The molecule has 0 radical (unpaired) electrons. The Balaban J connectivity index is 1.90. The molecule has 0 unspecified atom stereocenters. The van der Waals surface area contributed by atoms with Gasteiger partial charge in [-0.15, -0.1) is 11.3 Å². The number of rotatable bonds is 7. The molecule has 32 heavy (non-hydrogen) atoms. The SMILES string of the molecule is CCOC(=O)c1sc(NC(=O)c2cc(-c3ccc(F)cc3)n[nH]2)c(C(=O)OC(C)C)c1C. The molecule has 0 bridgehead atoms. The molecule has 1 amide bonds. The number of hydrogen-bond donors (Lipinski definition) is 2. The van der Waals surface area contributed by atoms with Crippen molar-refractivity contribution >= 4 is 34.2 Å². The molecule has 168 valence electrons. The van der Waals surface area contributed by atoms with Crippen LogP contribution in [0.4, 0.5) is 9.39 Å². The zero-order valence-electron chi connectivity index (χ0n) is 17.9. The normalized spacial score (nSPS) is 10.8. The Kier molecular flexibility index (Phi) is 7.04. The van der Waals surface area contributed by atoms with E-state index in [1.807, 2.05) is 0 Å². The third-order valence-corrected chi connectivity index (χ3v) is 5.53. The van der Waals surface area contributed by atoms with Gasteiger partial charge >= 0.3 is 11.9 Å². The second kappa shape index (κ2) is 9.73. The Morgan fingerprint density at radius 2 is 1.88 bits per heavy atom. The van der Waals surface area contributed by atoms with Gasteiger partial charge in [0.25, 0.3) is 5.91 Å². The molecule has 2 heterocycles. The van der Waals surface area contributed by atoms with Gasteiger partial charge in [0.1, 0.15) is 21.4 Å². The minimum atomic E-state index is -0.656. The van der Waals surface area contributed by atoms with Crippen molar-refractivity contribution in [3.63, 3.8) is 0 Å². The first-order valence-electron chi connectivity index (χ1n) is 9.85. The number of anilines is 1. The molecule has 0 aliphatic rings. The lowest BCUT2D eigenvalue weighted by Gasteiger charge is -2.10. The highest BCUT2D eigenvalue weighted by Gasteiger charge is 2.28. The van der Waals surface area contributed by atoms with Crippen LogP contribution in [-0.4, -0.2) is 40.8 Å². The number of aromatic amines is 1. The van der Waals surface area contributed by atoms with Gasteiger partial charge in [0.05, 0.1) is 24.0 Å². The molecule has 0 saturated carbocycles. The lowest BCUT2D eigenvalue weighted by Crippen LogP contribution is -2.17. The summed E-state index contributed by atoms with van der Waals surface area (Å²) >= 11 is 0.934. The number of carbonyl (C=O) groups is 3. The summed E-state index contributed by atoms with van der Waals surface area (Å²) in [7, 11) is 0. The summed E-state index contributed by atoms with van der Waals surface area (Å²) in [5, 5.41) is 9.52. The van der Waals surface area contributed by atoms with Crippen molar-refractivity contribution in [2.24, 2.45) is 0 Å². The van der Waals surface area contributed by atoms with Gasteiger partial charge in [-0.05, 0) is 63.6 Å². The summed E-state index contributed by atoms with van der Waals surface area (Å²) in [6.07, 6.45) is -0.387. The van der Waals surface area contributed by atoms with Crippen LogP contribution in [-0.2, 0) is 9.47 Å². The van der Waals surface area contributed by atoms with Crippen molar-refractivity contribution in [3.05, 3.63) is 57.8 Å². The van der Waals surface area contributed by atoms with Crippen molar-refractivity contribution in [2.75, 3.05) is 11.9 Å². The fourth-order valence-electron chi connectivity index (χ4n) is 2.89. The van der Waals surface area contributed by atoms with Gasteiger partial charge in [0, 0.05) is 5.56 Å². The largest absolute Gasteiger partial charge is 0.462 e. The third kappa shape index (κ3) is 5.02. The zero-order valence-corrected chi connectivity index (χ0v) is 18.8. The number of halogens is 1. The number of hydrogen-bond acceptors (Lipinski definition) is 7. The lowest BCUT2D eigenvalue weighted by atomic mass is 10.1. The summed E-state index contributed by atoms with van der Waals surface area (Å²) in [4.78, 5) is 38.0. The zero-order chi connectivity index (χ0) is 23.4. The third-order valence-electron chi connectivity index (χ3n) is 4.34. The van der Waals surface area contributed by atoms with E-state index in [1.54, 1.807) is 39.8 Å². The number of nitrogens with zero attached hydrogens (tertiary/aromatic N) is 1. The molecular weight excluding hydrogens is 437 g/mol. The van der Waals surface area contributed by atoms with Crippen LogP contribution >= 0.6 is 11.3 Å². The summed E-state index contributed by atoms with van der Waals surface area (Å²) in [5.41, 5.74) is 1.66. The Morgan fingerprint density at radius 1 is 1.19 bits per heavy atom. The minimum Gasteiger partial charge on any atom is -0.462 e. The summed E-state index contributed by atoms with van der Waals surface area (Å²) in [5.74, 6) is -2.19. The first-order valence-corrected chi connectivity index (χ1v) is 10.7. The topological polar surface area (TPSA) is 110 Å². The smallest absolute Gasteiger partial charge is 0.348 e. The molecule has 0 atom stereocenters. The molecule has 10 heteroatoms. The van der Waals surface area contributed by atoms with E-state index in [-0.39, 0.29) is 39.7 Å². The van der Waals surface area contributed by atoms with Crippen LogP contribution in [0.1, 0.15) is 56.9 Å². The lowest BCUT2D eigenvalue weighted by molar-refractivity contribution is 0.0379. The maximum absolute atomic E-state index is 13.1. The summed E-state index contributed by atoms with van der Waals surface area (Å²) < 4.78 is 23.5. The number of esters is 2. The molecule has 8 nitrogen and oxygen atoms in total. The average molecular weight is 459 g/mol. The number of amides is 1. The Morgan fingerprint density at radius 3 is 2.50 bits per heavy atom. The highest BCUT2D eigenvalue weighted by atomic mass is 32.1. The standard InChI is InChI=1S/C22H22FN3O5S/c1-5-30-22(29)18-12(4)17(21(28)31-11(2)3)20(32-18)24-19(27)16-10-15(25-26-16)13-6-8-14(23)9-7-13/h6-11H,5H2,1-4H3,(H,24,27)(H,25,26). The minimum absolute atomic E-state index is 0.0957. The van der Waals surface area contributed by atoms with Crippen LogP contribution in [0.5, 0.6) is 0 Å². The van der Waals surface area contributed by atoms with E-state index in [9.17, 15) is 18.8 Å². The molecule has 0 fully saturated rings. The van der Waals surface area contributed by atoms with Crippen LogP contribution in [0.15, 0.2) is 30.3 Å². The average Bonchev–Trinajstić information content (AvgIpc) is 3.33. The van der Waals surface area contributed by atoms with Gasteiger partial charge in [-0.2, -0.15) is 5.10 Å². The quantitative estimate of drug-likeness (QED) is 0.501. The highest BCUT2D eigenvalue weighted by Crippen LogP contribution is 2.35. The Labute approximate surface area is 187 Å². The number of H-pyrrole nitrogens is 1. The fourth-order valence-corrected chi connectivity index (χ4v) is 3.97. The molecule has 0 aliphatic carbocycles. The van der Waals surface area contributed by atoms with Crippen LogP contribution in [0.3, 0.4) is 0 Å². The molecule has 0 aliphatic heterocycles. The molecule has 2 N–H and O–H groups in total. The van der Waals surface area contributed by atoms with Gasteiger partial charge in [0.2, 0.25) is 0 Å². The number of ether oxygens (including phenoxy) is 2. The van der Waals surface area contributed by atoms with E-state index >= 15 is 0 Å². The second-order valence-electron chi connectivity index (χ2n) is 7.06. The molecule has 0 saturated heterocycles. The number of benzene rings is 1. The molecule has 3 aromatic rings. The van der Waals surface area contributed by atoms with E-state index in [4.69, 9.17) is 9.47 Å². The number of nitrogens with one attached hydrogen (secondary N) is 2. The van der Waals surface area contributed by atoms with Crippen LogP contribution in [0, 0.1) is 12.7 Å². The Bertz CT molecular complexity index is 1150. The Hall–Kier alpha value is -3.53. The van der Waals surface area contributed by atoms with Gasteiger partial charge in [-0.1, -0.05) is 0 Å². The predicted octanol–water partition coefficient (Wildman–Crippen LogP) is 4.58. The van der Waals surface area contributed by atoms with Gasteiger partial charge in [-0.25, -0.2) is 14.0 Å². The van der Waals surface area contributed by atoms with Crippen molar-refractivity contribution in [1.29, 1.82) is 0 Å². The van der Waals surface area contributed by atoms with Gasteiger partial charge < -0.3 is 14.8 Å². The van der Waals surface area contributed by atoms with Crippen LogP contribution in [0.2, 0.25) is 0 Å². The molecular formula is C22H22FN3O5S. The molecule has 0 spiro atoms.